The molecule has 0 aliphatic carbocycles. The first-order valence-corrected chi connectivity index (χ1v) is 9.45. The maximum Gasteiger partial charge on any atom is 0.262 e. The van der Waals surface area contributed by atoms with Gasteiger partial charge in [0.1, 0.15) is 6.04 Å². The number of hydrogen-bond donors (Lipinski definition) is 0. The highest BCUT2D eigenvalue weighted by Gasteiger charge is 2.47. The van der Waals surface area contributed by atoms with Gasteiger partial charge in [0.2, 0.25) is 5.91 Å². The largest absolute Gasteiger partial charge is 0.299 e. The third kappa shape index (κ3) is 3.27. The molecule has 3 rings (SSSR count). The molecule has 0 saturated carbocycles. The summed E-state index contributed by atoms with van der Waals surface area (Å²) in [7, 11) is 0. The molecule has 27 heavy (non-hydrogen) atoms. The molecular weight excluding hydrogens is 346 g/mol. The van der Waals surface area contributed by atoms with Crippen molar-refractivity contribution in [2.75, 3.05) is 19.6 Å². The quantitative estimate of drug-likeness (QED) is 0.709. The van der Waals surface area contributed by atoms with Gasteiger partial charge in [-0.05, 0) is 38.6 Å². The van der Waals surface area contributed by atoms with Gasteiger partial charge in [-0.1, -0.05) is 26.0 Å². The molecule has 2 aliphatic heterocycles. The Morgan fingerprint density at radius 2 is 1.59 bits per heavy atom. The fourth-order valence-electron chi connectivity index (χ4n) is 3.97. The second kappa shape index (κ2) is 7.60. The van der Waals surface area contributed by atoms with E-state index in [0.717, 1.165) is 18.0 Å². The van der Waals surface area contributed by atoms with Crippen molar-refractivity contribution < 1.29 is 19.2 Å². The van der Waals surface area contributed by atoms with Crippen LogP contribution in [0.1, 0.15) is 54.3 Å². The van der Waals surface area contributed by atoms with E-state index in [9.17, 15) is 19.2 Å². The first-order valence-electron chi connectivity index (χ1n) is 9.45. The molecule has 2 aliphatic rings. The molecule has 1 saturated heterocycles. The van der Waals surface area contributed by atoms with E-state index in [1.54, 1.807) is 24.3 Å². The third-order valence-corrected chi connectivity index (χ3v) is 5.50. The number of imide groups is 2. The molecule has 2 heterocycles. The van der Waals surface area contributed by atoms with E-state index >= 15 is 0 Å². The first-order chi connectivity index (χ1) is 12.9. The Kier molecular flexibility index (Phi) is 5.41. The zero-order chi connectivity index (χ0) is 19.7. The summed E-state index contributed by atoms with van der Waals surface area (Å²) in [5, 5.41) is 0. The number of nitrogens with zero attached hydrogens (tertiary/aromatic N) is 3. The number of likely N-dealkylation sites (N-methyl/N-ethyl adjacent to an activating group) is 1. The lowest BCUT2D eigenvalue weighted by molar-refractivity contribution is -0.152. The molecule has 1 fully saturated rings. The number of hydrogen-bond acceptors (Lipinski definition) is 5. The summed E-state index contributed by atoms with van der Waals surface area (Å²) in [6, 6.07) is 5.66. The molecule has 0 N–H and O–H groups in total. The van der Waals surface area contributed by atoms with Crippen LogP contribution in [0.5, 0.6) is 0 Å². The number of carbonyl (C=O) groups excluding carboxylic acids is 4. The number of amides is 4. The average molecular weight is 371 g/mol. The minimum Gasteiger partial charge on any atom is -0.299 e. The molecule has 0 bridgehead atoms. The average Bonchev–Trinajstić information content (AvgIpc) is 2.91. The number of rotatable bonds is 6. The van der Waals surface area contributed by atoms with Gasteiger partial charge < -0.3 is 0 Å². The summed E-state index contributed by atoms with van der Waals surface area (Å²) in [5.74, 6) is -1.62. The molecule has 144 valence electrons. The van der Waals surface area contributed by atoms with Gasteiger partial charge in [0.05, 0.1) is 11.1 Å². The van der Waals surface area contributed by atoms with Crippen LogP contribution in [-0.4, -0.2) is 70.0 Å². The molecular formula is C20H25N3O4. The lowest BCUT2D eigenvalue weighted by atomic mass is 10.0. The van der Waals surface area contributed by atoms with Crippen LogP contribution in [0.25, 0.3) is 0 Å². The van der Waals surface area contributed by atoms with Gasteiger partial charge in [-0.3, -0.25) is 33.9 Å². The van der Waals surface area contributed by atoms with E-state index in [4.69, 9.17) is 0 Å². The van der Waals surface area contributed by atoms with Gasteiger partial charge in [0.15, 0.2) is 0 Å². The van der Waals surface area contributed by atoms with Crippen molar-refractivity contribution >= 4 is 23.6 Å². The summed E-state index contributed by atoms with van der Waals surface area (Å²) in [6.07, 6.45) is 0.327. The maximum atomic E-state index is 13.0. The van der Waals surface area contributed by atoms with Crippen LogP contribution in [0.3, 0.4) is 0 Å². The van der Waals surface area contributed by atoms with Gasteiger partial charge in [0.25, 0.3) is 17.7 Å². The van der Waals surface area contributed by atoms with E-state index in [0.29, 0.717) is 11.1 Å². The Hall–Kier alpha value is -2.54. The van der Waals surface area contributed by atoms with Crippen molar-refractivity contribution in [2.24, 2.45) is 0 Å². The predicted molar refractivity (Wildman–Crippen MR) is 99.1 cm³/mol. The molecule has 1 aromatic carbocycles. The number of likely N-dealkylation sites (tertiary alicyclic amines) is 1. The second-order valence-electron chi connectivity index (χ2n) is 6.99. The molecule has 7 heteroatoms. The minimum absolute atomic E-state index is 0.00817. The van der Waals surface area contributed by atoms with Crippen LogP contribution in [0.2, 0.25) is 0 Å². The molecule has 1 aromatic rings. The lowest BCUT2D eigenvalue weighted by Gasteiger charge is -2.37. The highest BCUT2D eigenvalue weighted by Crippen LogP contribution is 2.29. The lowest BCUT2D eigenvalue weighted by Crippen LogP contribution is -2.58. The fraction of sp³-hybridized carbons (Fsp3) is 0.500. The standard InChI is InChI=1S/C20H25N3O4/c1-4-21(5-2)13(3)12-22-17(24)11-10-16(20(22)27)23-18(25)14-8-6-7-9-15(14)19(23)26/h6-9,13,16H,4-5,10-12H2,1-3H3. The van der Waals surface area contributed by atoms with Crippen LogP contribution < -0.4 is 0 Å². The fourth-order valence-corrected chi connectivity index (χ4v) is 3.97. The smallest absolute Gasteiger partial charge is 0.262 e. The summed E-state index contributed by atoms with van der Waals surface area (Å²) in [6.45, 7) is 7.92. The zero-order valence-corrected chi connectivity index (χ0v) is 16.0. The van der Waals surface area contributed by atoms with E-state index in [1.165, 1.54) is 4.90 Å². The van der Waals surface area contributed by atoms with E-state index in [1.807, 2.05) is 20.8 Å². The number of benzene rings is 1. The predicted octanol–water partition coefficient (Wildman–Crippen LogP) is 1.53. The monoisotopic (exact) mass is 371 g/mol. The van der Waals surface area contributed by atoms with Crippen LogP contribution in [-0.2, 0) is 9.59 Å². The number of carbonyl (C=O) groups is 4. The summed E-state index contributed by atoms with van der Waals surface area (Å²) in [4.78, 5) is 55.2. The summed E-state index contributed by atoms with van der Waals surface area (Å²) < 4.78 is 0. The maximum absolute atomic E-state index is 13.0. The molecule has 4 amide bonds. The number of piperidine rings is 1. The Morgan fingerprint density at radius 1 is 1.04 bits per heavy atom. The van der Waals surface area contributed by atoms with Crippen molar-refractivity contribution in [3.05, 3.63) is 35.4 Å². The highest BCUT2D eigenvalue weighted by molar-refractivity contribution is 6.23. The number of fused-ring (bicyclic) bond motifs is 1. The van der Waals surface area contributed by atoms with E-state index < -0.39 is 23.8 Å². The normalized spacial score (nSPS) is 21.3. The van der Waals surface area contributed by atoms with Crippen LogP contribution in [0.15, 0.2) is 24.3 Å². The topological polar surface area (TPSA) is 78.0 Å². The molecule has 0 radical (unpaired) electrons. The van der Waals surface area contributed by atoms with E-state index in [-0.39, 0.29) is 31.3 Å². The molecule has 0 spiro atoms. The SMILES string of the molecule is CCN(CC)C(C)CN1C(=O)CCC(N2C(=O)c3ccccc3C2=O)C1=O. The van der Waals surface area contributed by atoms with Gasteiger partial charge in [0, 0.05) is 19.0 Å². The van der Waals surface area contributed by atoms with Crippen molar-refractivity contribution in [3.63, 3.8) is 0 Å². The third-order valence-electron chi connectivity index (χ3n) is 5.50. The summed E-state index contributed by atoms with van der Waals surface area (Å²) >= 11 is 0. The van der Waals surface area contributed by atoms with Crippen molar-refractivity contribution in [2.45, 2.75) is 45.7 Å². The second-order valence-corrected chi connectivity index (χ2v) is 6.99. The van der Waals surface area contributed by atoms with Gasteiger partial charge in [-0.25, -0.2) is 0 Å². The van der Waals surface area contributed by atoms with Gasteiger partial charge in [-0.2, -0.15) is 0 Å². The zero-order valence-electron chi connectivity index (χ0n) is 16.0. The van der Waals surface area contributed by atoms with Crippen molar-refractivity contribution in [3.8, 4) is 0 Å². The van der Waals surface area contributed by atoms with Gasteiger partial charge >= 0.3 is 0 Å². The molecule has 7 nitrogen and oxygen atoms in total. The van der Waals surface area contributed by atoms with E-state index in [2.05, 4.69) is 4.90 Å². The van der Waals surface area contributed by atoms with Crippen LogP contribution >= 0.6 is 0 Å². The van der Waals surface area contributed by atoms with Crippen LogP contribution in [0.4, 0.5) is 0 Å². The first kappa shape index (κ1) is 19.2. The molecule has 2 atom stereocenters. The van der Waals surface area contributed by atoms with Crippen molar-refractivity contribution in [1.29, 1.82) is 0 Å². The van der Waals surface area contributed by atoms with Crippen molar-refractivity contribution in [1.82, 2.24) is 14.7 Å². The highest BCUT2D eigenvalue weighted by atomic mass is 16.2. The summed E-state index contributed by atoms with van der Waals surface area (Å²) in [5.41, 5.74) is 0.630. The Morgan fingerprint density at radius 3 is 2.11 bits per heavy atom. The Bertz CT molecular complexity index is 752. The Balaban J connectivity index is 1.82. The minimum atomic E-state index is -0.918. The molecule has 0 aromatic heterocycles. The van der Waals surface area contributed by atoms with Crippen LogP contribution in [0, 0.1) is 0 Å². The molecule has 2 unspecified atom stereocenters. The Labute approximate surface area is 158 Å². The van der Waals surface area contributed by atoms with Gasteiger partial charge in [-0.15, -0.1) is 0 Å².